The number of fused-ring (bicyclic) bond motifs is 1. The molecule has 2 atom stereocenters. The van der Waals surface area contributed by atoms with E-state index in [9.17, 15) is 22.4 Å². The van der Waals surface area contributed by atoms with Crippen molar-refractivity contribution in [3.05, 3.63) is 76.1 Å². The molecular weight excluding hydrogens is 587 g/mol. The van der Waals surface area contributed by atoms with Crippen LogP contribution in [0.4, 0.5) is 4.39 Å². The molecule has 1 aliphatic heterocycles. The Bertz CT molecular complexity index is 1370. The number of hydrogen-bond acceptors (Lipinski definition) is 6. The third-order valence-corrected chi connectivity index (χ3v) is 9.41. The van der Waals surface area contributed by atoms with Crippen LogP contribution < -0.4 is 9.46 Å². The van der Waals surface area contributed by atoms with Crippen molar-refractivity contribution >= 4 is 33.6 Å². The van der Waals surface area contributed by atoms with Gasteiger partial charge in [-0.2, -0.15) is 0 Å². The molecular formula is C30H36ClFN2O7S. The summed E-state index contributed by atoms with van der Waals surface area (Å²) in [5.74, 6) is -1.31. The van der Waals surface area contributed by atoms with Gasteiger partial charge in [0, 0.05) is 35.7 Å². The molecule has 0 aromatic heterocycles. The molecule has 2 aromatic rings. The van der Waals surface area contributed by atoms with Gasteiger partial charge in [-0.3, -0.25) is 4.90 Å². The first kappa shape index (κ1) is 31.9. The average molecular weight is 623 g/mol. The zero-order valence-corrected chi connectivity index (χ0v) is 24.7. The fourth-order valence-electron chi connectivity index (χ4n) is 5.45. The number of aliphatic carboxylic acids is 2. The molecule has 1 saturated carbocycles. The summed E-state index contributed by atoms with van der Waals surface area (Å²) in [4.78, 5) is 21.6. The molecule has 0 bridgehead atoms. The second-order valence-electron chi connectivity index (χ2n) is 10.9. The highest BCUT2D eigenvalue weighted by Gasteiger charge is 2.36. The van der Waals surface area contributed by atoms with E-state index >= 15 is 0 Å². The lowest BCUT2D eigenvalue weighted by Crippen LogP contribution is -2.49. The van der Waals surface area contributed by atoms with E-state index in [0.717, 1.165) is 56.5 Å². The Morgan fingerprint density at radius 1 is 1.07 bits per heavy atom. The van der Waals surface area contributed by atoms with E-state index in [1.54, 1.807) is 6.07 Å². The summed E-state index contributed by atoms with van der Waals surface area (Å²) in [6.45, 7) is 2.76. The molecule has 42 heavy (non-hydrogen) atoms. The monoisotopic (exact) mass is 622 g/mol. The molecule has 5 rings (SSSR count). The van der Waals surface area contributed by atoms with Crippen molar-refractivity contribution in [1.82, 2.24) is 9.62 Å². The lowest BCUT2D eigenvalue weighted by Gasteiger charge is -2.45. The van der Waals surface area contributed by atoms with Gasteiger partial charge in [-0.1, -0.05) is 17.7 Å². The van der Waals surface area contributed by atoms with Crippen LogP contribution in [-0.4, -0.2) is 73.5 Å². The minimum atomic E-state index is -3.23. The smallest absolute Gasteiger partial charge is 0.328 e. The molecule has 2 aliphatic carbocycles. The number of sulfonamides is 1. The average Bonchev–Trinajstić information content (AvgIpc) is 3.69. The summed E-state index contributed by atoms with van der Waals surface area (Å²) < 4.78 is 46.8. The number of carboxylic acid groups (broad SMARTS) is 2. The van der Waals surface area contributed by atoms with Crippen molar-refractivity contribution in [1.29, 1.82) is 0 Å². The highest BCUT2D eigenvalue weighted by Crippen LogP contribution is 2.40. The predicted molar refractivity (Wildman–Crippen MR) is 157 cm³/mol. The fourth-order valence-corrected chi connectivity index (χ4v) is 7.16. The van der Waals surface area contributed by atoms with Crippen LogP contribution in [-0.2, 0) is 32.5 Å². The summed E-state index contributed by atoms with van der Waals surface area (Å²) >= 11 is 6.15. The van der Waals surface area contributed by atoms with Crippen molar-refractivity contribution < 1.29 is 37.3 Å². The topological polar surface area (TPSA) is 133 Å². The van der Waals surface area contributed by atoms with Crippen LogP contribution in [0, 0.1) is 11.7 Å². The van der Waals surface area contributed by atoms with E-state index < -0.39 is 22.0 Å². The highest BCUT2D eigenvalue weighted by molar-refractivity contribution is 7.89. The first-order valence-corrected chi connectivity index (χ1v) is 16.1. The van der Waals surface area contributed by atoms with Gasteiger partial charge in [-0.15, -0.1) is 0 Å². The Hall–Kier alpha value is -2.99. The normalized spacial score (nSPS) is 20.2. The minimum Gasteiger partial charge on any atom is -0.492 e. The summed E-state index contributed by atoms with van der Waals surface area (Å²) in [6.07, 6.45) is 7.17. The van der Waals surface area contributed by atoms with Gasteiger partial charge in [0.15, 0.2) is 0 Å². The van der Waals surface area contributed by atoms with Crippen LogP contribution in [0.3, 0.4) is 0 Å². The third-order valence-electron chi connectivity index (χ3n) is 7.64. The Morgan fingerprint density at radius 3 is 2.38 bits per heavy atom. The number of ether oxygens (including phenoxy) is 1. The summed E-state index contributed by atoms with van der Waals surface area (Å²) in [5.41, 5.74) is 3.46. The molecule has 2 aromatic carbocycles. The van der Waals surface area contributed by atoms with Crippen molar-refractivity contribution in [3.63, 3.8) is 0 Å². The number of halogens is 2. The molecule has 9 nitrogen and oxygen atoms in total. The van der Waals surface area contributed by atoms with Crippen LogP contribution in [0.25, 0.3) is 0 Å². The maximum Gasteiger partial charge on any atom is 0.328 e. The highest BCUT2D eigenvalue weighted by atomic mass is 35.5. The number of carboxylic acids is 2. The number of aryl methyl sites for hydroxylation is 1. The molecule has 0 spiro atoms. The minimum absolute atomic E-state index is 0.218. The summed E-state index contributed by atoms with van der Waals surface area (Å²) in [6, 6.07) is 11.4. The van der Waals surface area contributed by atoms with Crippen LogP contribution in [0.2, 0.25) is 5.02 Å². The summed E-state index contributed by atoms with van der Waals surface area (Å²) in [5, 5.41) is 16.0. The first-order chi connectivity index (χ1) is 20.0. The maximum atomic E-state index is 14.0. The number of nitrogens with one attached hydrogen (secondary N) is 1. The van der Waals surface area contributed by atoms with Crippen molar-refractivity contribution in [3.8, 4) is 5.75 Å². The Labute approximate surface area is 250 Å². The lowest BCUT2D eigenvalue weighted by atomic mass is 9.75. The molecule has 3 aliphatic rings. The molecule has 2 fully saturated rings. The number of nitrogens with zero attached hydrogens (tertiary/aromatic N) is 1. The lowest BCUT2D eigenvalue weighted by molar-refractivity contribution is -0.134. The first-order valence-electron chi connectivity index (χ1n) is 14.0. The van der Waals surface area contributed by atoms with Gasteiger partial charge in [0.25, 0.3) is 0 Å². The summed E-state index contributed by atoms with van der Waals surface area (Å²) in [7, 11) is -3.23. The van der Waals surface area contributed by atoms with Crippen LogP contribution in [0.15, 0.2) is 48.6 Å². The van der Waals surface area contributed by atoms with Gasteiger partial charge >= 0.3 is 11.9 Å². The zero-order chi connectivity index (χ0) is 30.3. The van der Waals surface area contributed by atoms with E-state index in [-0.39, 0.29) is 30.6 Å². The molecule has 1 heterocycles. The zero-order valence-electron chi connectivity index (χ0n) is 23.2. The SMILES string of the molecule is O=C(O)C=CC(=O)O.O=S(=O)(CC1CC1)NCCOc1ccc2c(c1)C(Cc1cc(F)cc(Cl)c1)C(N1CCC1)CC2. The third kappa shape index (κ3) is 9.79. The van der Waals surface area contributed by atoms with Gasteiger partial charge in [0.2, 0.25) is 10.0 Å². The van der Waals surface area contributed by atoms with Crippen molar-refractivity contribution in [2.45, 2.75) is 50.5 Å². The molecule has 228 valence electrons. The van der Waals surface area contributed by atoms with Crippen LogP contribution in [0.5, 0.6) is 5.75 Å². The van der Waals surface area contributed by atoms with Crippen molar-refractivity contribution in [2.24, 2.45) is 5.92 Å². The number of benzene rings is 2. The van der Waals surface area contributed by atoms with E-state index in [2.05, 4.69) is 21.8 Å². The Balaban J connectivity index is 0.000000446. The Kier molecular flexibility index (Phi) is 11.0. The fraction of sp³-hybridized carbons (Fsp3) is 0.467. The molecule has 1 saturated heterocycles. The molecule has 2 unspecified atom stereocenters. The largest absolute Gasteiger partial charge is 0.492 e. The molecule has 12 heteroatoms. The number of carbonyl (C=O) groups is 2. The predicted octanol–water partition coefficient (Wildman–Crippen LogP) is 4.25. The second-order valence-corrected chi connectivity index (χ2v) is 13.2. The molecule has 0 amide bonds. The van der Waals surface area contributed by atoms with E-state index in [1.165, 1.54) is 23.6 Å². The van der Waals surface area contributed by atoms with Gasteiger partial charge in [-0.05, 0) is 105 Å². The number of hydrogen-bond donors (Lipinski definition) is 3. The van der Waals surface area contributed by atoms with Crippen LogP contribution >= 0.6 is 11.6 Å². The maximum absolute atomic E-state index is 14.0. The van der Waals surface area contributed by atoms with E-state index in [1.807, 2.05) is 12.1 Å². The van der Waals surface area contributed by atoms with Gasteiger partial charge in [-0.25, -0.2) is 27.1 Å². The number of likely N-dealkylation sites (tertiary alicyclic amines) is 1. The molecule has 0 radical (unpaired) electrons. The second kappa shape index (κ2) is 14.5. The van der Waals surface area contributed by atoms with Crippen molar-refractivity contribution in [2.75, 3.05) is 32.0 Å². The van der Waals surface area contributed by atoms with E-state index in [4.69, 9.17) is 26.6 Å². The van der Waals surface area contributed by atoms with Gasteiger partial charge < -0.3 is 14.9 Å². The number of rotatable bonds is 12. The quantitative estimate of drug-likeness (QED) is 0.236. The van der Waals surface area contributed by atoms with Gasteiger partial charge in [0.1, 0.15) is 18.2 Å². The molecule has 3 N–H and O–H groups in total. The van der Waals surface area contributed by atoms with E-state index in [0.29, 0.717) is 29.1 Å². The standard InChI is InChI=1S/C26H32ClFN2O3S.C4H4O4/c27-21-12-19(13-22(28)15-21)14-25-24-16-23(33-11-8-29-34(31,32)17-18-2-3-18)6-4-20(24)5-7-26(25)30-9-1-10-30;5-3(6)1-2-4(7)8/h4,6,12-13,15-16,18,25-26,29H,1-3,5,7-11,14,17H2;1-2H,(H,5,6)(H,7,8). The van der Waals surface area contributed by atoms with Crippen LogP contribution in [0.1, 0.15) is 48.3 Å². The Morgan fingerprint density at radius 2 is 1.79 bits per heavy atom. The van der Waals surface area contributed by atoms with Gasteiger partial charge in [0.05, 0.1) is 5.75 Å².